The van der Waals surface area contributed by atoms with Crippen molar-refractivity contribution < 1.29 is 4.79 Å². The highest BCUT2D eigenvalue weighted by Crippen LogP contribution is 2.17. The van der Waals surface area contributed by atoms with Crippen LogP contribution in [0.15, 0.2) is 11.4 Å². The Morgan fingerprint density at radius 2 is 2.45 bits per heavy atom. The maximum Gasteiger partial charge on any atom is 0.253 e. The lowest BCUT2D eigenvalue weighted by atomic mass is 10.2. The third-order valence-corrected chi connectivity index (χ3v) is 2.59. The van der Waals surface area contributed by atoms with Crippen molar-refractivity contribution in [2.45, 2.75) is 19.8 Å². The Morgan fingerprint density at radius 3 is 2.91 bits per heavy atom. The first kappa shape index (κ1) is 8.75. The summed E-state index contributed by atoms with van der Waals surface area (Å²) in [6, 6.07) is 1.86. The monoisotopic (exact) mass is 188 g/mol. The Bertz CT molecular complexity index is 254. The van der Waals surface area contributed by atoms with E-state index in [1.54, 1.807) is 16.7 Å². The Balaban J connectivity index is 2.73. The molecule has 0 aliphatic carbocycles. The summed E-state index contributed by atoms with van der Waals surface area (Å²) >= 11 is 6.88. The zero-order chi connectivity index (χ0) is 8.27. The van der Waals surface area contributed by atoms with Gasteiger partial charge in [0.15, 0.2) is 0 Å². The molecule has 60 valence electrons. The van der Waals surface area contributed by atoms with E-state index in [1.807, 2.05) is 6.07 Å². The van der Waals surface area contributed by atoms with Crippen molar-refractivity contribution in [2.75, 3.05) is 0 Å². The van der Waals surface area contributed by atoms with Crippen LogP contribution in [0.25, 0.3) is 0 Å². The van der Waals surface area contributed by atoms with E-state index in [2.05, 4.69) is 6.92 Å². The first-order valence-electron chi connectivity index (χ1n) is 3.51. The van der Waals surface area contributed by atoms with E-state index in [4.69, 9.17) is 11.6 Å². The molecule has 0 saturated heterocycles. The maximum absolute atomic E-state index is 10.6. The van der Waals surface area contributed by atoms with E-state index in [1.165, 1.54) is 4.88 Å². The molecule has 0 aliphatic rings. The minimum absolute atomic E-state index is 0.358. The minimum Gasteiger partial charge on any atom is -0.276 e. The van der Waals surface area contributed by atoms with Crippen molar-refractivity contribution >= 4 is 28.2 Å². The van der Waals surface area contributed by atoms with Crippen molar-refractivity contribution in [2.24, 2.45) is 0 Å². The molecule has 0 unspecified atom stereocenters. The zero-order valence-electron chi connectivity index (χ0n) is 6.26. The van der Waals surface area contributed by atoms with E-state index < -0.39 is 0 Å². The number of carbonyl (C=O) groups excluding carboxylic acids is 1. The maximum atomic E-state index is 10.6. The number of aryl methyl sites for hydroxylation is 1. The van der Waals surface area contributed by atoms with Gasteiger partial charge in [0.05, 0.1) is 0 Å². The lowest BCUT2D eigenvalue weighted by Gasteiger charge is -1.87. The number of thiophene rings is 1. The summed E-state index contributed by atoms with van der Waals surface area (Å²) < 4.78 is 0. The number of rotatable bonds is 3. The molecule has 0 amide bonds. The average molecular weight is 189 g/mol. The molecule has 0 atom stereocenters. The van der Waals surface area contributed by atoms with Crippen LogP contribution in [-0.2, 0) is 6.42 Å². The van der Waals surface area contributed by atoms with Crippen molar-refractivity contribution in [3.63, 3.8) is 0 Å². The van der Waals surface area contributed by atoms with E-state index in [0.717, 1.165) is 12.8 Å². The van der Waals surface area contributed by atoms with Gasteiger partial charge in [-0.25, -0.2) is 0 Å². The van der Waals surface area contributed by atoms with Gasteiger partial charge >= 0.3 is 0 Å². The molecule has 0 saturated carbocycles. The molecule has 1 aromatic rings. The standard InChI is InChI=1S/C8H9ClOS/c1-2-3-7-4-6(5-11-7)8(9)10/h4-5H,2-3H2,1H3. The van der Waals surface area contributed by atoms with Crippen LogP contribution in [-0.4, -0.2) is 5.24 Å². The molecule has 1 rings (SSSR count). The largest absolute Gasteiger partial charge is 0.276 e. The fourth-order valence-corrected chi connectivity index (χ4v) is 2.01. The molecule has 3 heteroatoms. The third-order valence-electron chi connectivity index (χ3n) is 1.38. The second kappa shape index (κ2) is 3.88. The van der Waals surface area contributed by atoms with Gasteiger partial charge in [-0.15, -0.1) is 11.3 Å². The highest BCUT2D eigenvalue weighted by atomic mass is 35.5. The number of hydrogen-bond acceptors (Lipinski definition) is 2. The molecule has 0 bridgehead atoms. The third kappa shape index (κ3) is 2.31. The van der Waals surface area contributed by atoms with Crippen LogP contribution in [0, 0.1) is 0 Å². The second-order valence-corrected chi connectivity index (χ2v) is 3.66. The highest BCUT2D eigenvalue weighted by molar-refractivity contribution is 7.10. The van der Waals surface area contributed by atoms with E-state index in [-0.39, 0.29) is 5.24 Å². The van der Waals surface area contributed by atoms with Crippen molar-refractivity contribution in [1.29, 1.82) is 0 Å². The van der Waals surface area contributed by atoms with Crippen LogP contribution >= 0.6 is 22.9 Å². The van der Waals surface area contributed by atoms with Crippen LogP contribution in [0.4, 0.5) is 0 Å². The van der Waals surface area contributed by atoms with Crippen LogP contribution < -0.4 is 0 Å². The molecule has 1 aromatic heterocycles. The normalized spacial score (nSPS) is 10.0. The number of halogens is 1. The topological polar surface area (TPSA) is 17.1 Å². The Hall–Kier alpha value is -0.340. The Morgan fingerprint density at radius 1 is 1.73 bits per heavy atom. The summed E-state index contributed by atoms with van der Waals surface area (Å²) in [5.74, 6) is 0. The SMILES string of the molecule is CCCc1cc(C(=O)Cl)cs1. The molecule has 1 nitrogen and oxygen atoms in total. The lowest BCUT2D eigenvalue weighted by Crippen LogP contribution is -1.82. The van der Waals surface area contributed by atoms with Gasteiger partial charge < -0.3 is 0 Å². The lowest BCUT2D eigenvalue weighted by molar-refractivity contribution is 0.108. The molecule has 0 N–H and O–H groups in total. The smallest absolute Gasteiger partial charge is 0.253 e. The molecule has 11 heavy (non-hydrogen) atoms. The molecule has 0 aliphatic heterocycles. The quantitative estimate of drug-likeness (QED) is 0.667. The van der Waals surface area contributed by atoms with E-state index in [9.17, 15) is 4.79 Å². The van der Waals surface area contributed by atoms with E-state index in [0.29, 0.717) is 5.56 Å². The molecule has 0 aromatic carbocycles. The van der Waals surface area contributed by atoms with Gasteiger partial charge in [0.1, 0.15) is 0 Å². The molecule has 0 spiro atoms. The van der Waals surface area contributed by atoms with Gasteiger partial charge in [-0.2, -0.15) is 0 Å². The number of carbonyl (C=O) groups is 1. The summed E-state index contributed by atoms with van der Waals surface area (Å²) in [6.45, 7) is 2.11. The molecule has 1 heterocycles. The van der Waals surface area contributed by atoms with Crippen LogP contribution in [0.5, 0.6) is 0 Å². The molecule has 0 radical (unpaired) electrons. The van der Waals surface area contributed by atoms with Gasteiger partial charge in [0, 0.05) is 15.8 Å². The van der Waals surface area contributed by atoms with Gasteiger partial charge in [-0.05, 0) is 24.1 Å². The molecule has 0 fully saturated rings. The van der Waals surface area contributed by atoms with E-state index >= 15 is 0 Å². The summed E-state index contributed by atoms with van der Waals surface area (Å²) in [7, 11) is 0. The minimum atomic E-state index is -0.358. The zero-order valence-corrected chi connectivity index (χ0v) is 7.84. The van der Waals surface area contributed by atoms with Crippen molar-refractivity contribution in [3.8, 4) is 0 Å². The van der Waals surface area contributed by atoms with Crippen molar-refractivity contribution in [1.82, 2.24) is 0 Å². The van der Waals surface area contributed by atoms with Crippen LogP contribution in [0.2, 0.25) is 0 Å². The number of hydrogen-bond donors (Lipinski definition) is 0. The van der Waals surface area contributed by atoms with Crippen molar-refractivity contribution in [3.05, 3.63) is 21.9 Å². The summed E-state index contributed by atoms with van der Waals surface area (Å²) in [5.41, 5.74) is 0.625. The summed E-state index contributed by atoms with van der Waals surface area (Å²) in [4.78, 5) is 11.9. The van der Waals surface area contributed by atoms with Gasteiger partial charge in [-0.3, -0.25) is 4.79 Å². The molecular weight excluding hydrogens is 180 g/mol. The van der Waals surface area contributed by atoms with Crippen LogP contribution in [0.3, 0.4) is 0 Å². The summed E-state index contributed by atoms with van der Waals surface area (Å²) in [6.07, 6.45) is 2.14. The molecular formula is C8H9ClOS. The highest BCUT2D eigenvalue weighted by Gasteiger charge is 2.03. The fourth-order valence-electron chi connectivity index (χ4n) is 0.861. The Labute approximate surface area is 75.0 Å². The first-order chi connectivity index (χ1) is 5.24. The first-order valence-corrected chi connectivity index (χ1v) is 4.77. The van der Waals surface area contributed by atoms with Gasteiger partial charge in [0.25, 0.3) is 5.24 Å². The average Bonchev–Trinajstić information content (AvgIpc) is 2.37. The Kier molecular flexibility index (Phi) is 3.09. The fraction of sp³-hybridized carbons (Fsp3) is 0.375. The van der Waals surface area contributed by atoms with Gasteiger partial charge in [-0.1, -0.05) is 13.3 Å². The second-order valence-electron chi connectivity index (χ2n) is 2.33. The predicted molar refractivity (Wildman–Crippen MR) is 48.5 cm³/mol. The van der Waals surface area contributed by atoms with Gasteiger partial charge in [0.2, 0.25) is 0 Å². The van der Waals surface area contributed by atoms with Crippen LogP contribution in [0.1, 0.15) is 28.6 Å². The summed E-state index contributed by atoms with van der Waals surface area (Å²) in [5, 5.41) is 1.45. The predicted octanol–water partition coefficient (Wildman–Crippen LogP) is 3.08.